The number of aryl methyl sites for hydroxylation is 1. The van der Waals surface area contributed by atoms with Crippen LogP contribution in [0.15, 0.2) is 42.5 Å². The number of nitrogens with zero attached hydrogens (tertiary/aromatic N) is 2. The van der Waals surface area contributed by atoms with E-state index in [1.165, 1.54) is 12.1 Å². The van der Waals surface area contributed by atoms with Crippen molar-refractivity contribution in [1.29, 1.82) is 5.26 Å². The van der Waals surface area contributed by atoms with Gasteiger partial charge in [-0.25, -0.2) is 0 Å². The predicted molar refractivity (Wildman–Crippen MR) is 69.1 cm³/mol. The first kappa shape index (κ1) is 12.6. The molecule has 0 unspecified atom stereocenters. The van der Waals surface area contributed by atoms with Crippen LogP contribution in [0.2, 0.25) is 0 Å². The van der Waals surface area contributed by atoms with Crippen LogP contribution in [0.5, 0.6) is 11.5 Å². The quantitative estimate of drug-likeness (QED) is 0.619. The van der Waals surface area contributed by atoms with Crippen LogP contribution < -0.4 is 4.74 Å². The van der Waals surface area contributed by atoms with E-state index in [9.17, 15) is 10.1 Å². The van der Waals surface area contributed by atoms with Crippen molar-refractivity contribution in [2.45, 2.75) is 6.92 Å². The number of nitriles is 1. The summed E-state index contributed by atoms with van der Waals surface area (Å²) in [5, 5.41) is 19.5. The summed E-state index contributed by atoms with van der Waals surface area (Å²) in [6, 6.07) is 13.3. The summed E-state index contributed by atoms with van der Waals surface area (Å²) in [5.41, 5.74) is 1.08. The smallest absolute Gasteiger partial charge is 0.272 e. The molecule has 94 valence electrons. The van der Waals surface area contributed by atoms with Crippen LogP contribution in [0.25, 0.3) is 0 Å². The zero-order chi connectivity index (χ0) is 13.8. The van der Waals surface area contributed by atoms with Crippen molar-refractivity contribution in [3.8, 4) is 17.6 Å². The number of rotatable bonds is 3. The maximum Gasteiger partial charge on any atom is 0.272 e. The number of hydrogen-bond acceptors (Lipinski definition) is 4. The molecule has 0 aliphatic carbocycles. The molecule has 0 heterocycles. The molecule has 0 N–H and O–H groups in total. The van der Waals surface area contributed by atoms with Gasteiger partial charge in [-0.15, -0.1) is 0 Å². The number of nitro groups is 1. The van der Waals surface area contributed by atoms with Crippen LogP contribution in [0.3, 0.4) is 0 Å². The Morgan fingerprint density at radius 2 is 1.95 bits per heavy atom. The number of ether oxygens (including phenoxy) is 1. The Labute approximate surface area is 109 Å². The largest absolute Gasteiger partial charge is 0.457 e. The Morgan fingerprint density at radius 1 is 1.21 bits per heavy atom. The Balaban J connectivity index is 2.26. The molecule has 0 amide bonds. The van der Waals surface area contributed by atoms with Crippen molar-refractivity contribution in [3.05, 3.63) is 63.7 Å². The van der Waals surface area contributed by atoms with Gasteiger partial charge in [-0.3, -0.25) is 10.1 Å². The van der Waals surface area contributed by atoms with E-state index in [1.807, 2.05) is 6.07 Å². The van der Waals surface area contributed by atoms with E-state index in [4.69, 9.17) is 10.00 Å². The van der Waals surface area contributed by atoms with Crippen molar-refractivity contribution >= 4 is 5.69 Å². The molecule has 0 radical (unpaired) electrons. The maximum atomic E-state index is 10.7. The molecule has 2 aromatic carbocycles. The summed E-state index contributed by atoms with van der Waals surface area (Å²) in [4.78, 5) is 10.3. The molecule has 0 saturated heterocycles. The molecule has 0 spiro atoms. The Kier molecular flexibility index (Phi) is 3.44. The average Bonchev–Trinajstić information content (AvgIpc) is 2.38. The lowest BCUT2D eigenvalue weighted by Crippen LogP contribution is -1.92. The minimum atomic E-state index is -0.435. The first-order valence-electron chi connectivity index (χ1n) is 5.53. The lowest BCUT2D eigenvalue weighted by molar-refractivity contribution is -0.385. The van der Waals surface area contributed by atoms with Crippen molar-refractivity contribution in [3.63, 3.8) is 0 Å². The topological polar surface area (TPSA) is 76.2 Å². The van der Waals surface area contributed by atoms with Crippen molar-refractivity contribution in [1.82, 2.24) is 0 Å². The second kappa shape index (κ2) is 5.19. The van der Waals surface area contributed by atoms with Gasteiger partial charge in [-0.1, -0.05) is 6.07 Å². The highest BCUT2D eigenvalue weighted by molar-refractivity contribution is 5.46. The summed E-state index contributed by atoms with van der Waals surface area (Å²) < 4.78 is 5.56. The highest BCUT2D eigenvalue weighted by Gasteiger charge is 2.11. The molecule has 0 aliphatic rings. The van der Waals surface area contributed by atoms with Gasteiger partial charge in [0, 0.05) is 11.6 Å². The van der Waals surface area contributed by atoms with E-state index >= 15 is 0 Å². The SMILES string of the molecule is Cc1cc(Oc2cccc(C#N)c2)ccc1[N+](=O)[O-]. The Morgan fingerprint density at radius 3 is 2.58 bits per heavy atom. The van der Waals surface area contributed by atoms with Crippen LogP contribution in [0.1, 0.15) is 11.1 Å². The van der Waals surface area contributed by atoms with E-state index in [-0.39, 0.29) is 5.69 Å². The molecule has 0 bridgehead atoms. The molecule has 0 aromatic heterocycles. The summed E-state index contributed by atoms with van der Waals surface area (Å²) in [6.07, 6.45) is 0. The van der Waals surface area contributed by atoms with Gasteiger partial charge in [0.05, 0.1) is 16.6 Å². The molecule has 0 saturated carbocycles. The van der Waals surface area contributed by atoms with Crippen molar-refractivity contribution in [2.24, 2.45) is 0 Å². The molecular weight excluding hydrogens is 244 g/mol. The van der Waals surface area contributed by atoms with Crippen LogP contribution >= 0.6 is 0 Å². The number of nitro benzene ring substituents is 1. The van der Waals surface area contributed by atoms with Crippen molar-refractivity contribution in [2.75, 3.05) is 0 Å². The van der Waals surface area contributed by atoms with Gasteiger partial charge in [-0.2, -0.15) is 5.26 Å². The third-order valence-corrected chi connectivity index (χ3v) is 2.56. The first-order chi connectivity index (χ1) is 9.10. The second-order valence-corrected chi connectivity index (χ2v) is 3.95. The minimum Gasteiger partial charge on any atom is -0.457 e. The Bertz CT molecular complexity index is 675. The van der Waals surface area contributed by atoms with E-state index in [0.717, 1.165) is 0 Å². The Hall–Kier alpha value is -2.87. The molecular formula is C14H10N2O3. The van der Waals surface area contributed by atoms with Gasteiger partial charge >= 0.3 is 0 Å². The van der Waals surface area contributed by atoms with Gasteiger partial charge in [0.2, 0.25) is 0 Å². The number of hydrogen-bond donors (Lipinski definition) is 0. The van der Waals surface area contributed by atoms with Gasteiger partial charge in [0.1, 0.15) is 11.5 Å². The van der Waals surface area contributed by atoms with E-state index < -0.39 is 4.92 Å². The standard InChI is InChI=1S/C14H10N2O3/c1-10-7-13(5-6-14(10)16(17)18)19-12-4-2-3-11(8-12)9-15/h2-8H,1H3. The van der Waals surface area contributed by atoms with Crippen LogP contribution in [-0.4, -0.2) is 4.92 Å². The fraction of sp³-hybridized carbons (Fsp3) is 0.0714. The molecule has 19 heavy (non-hydrogen) atoms. The van der Waals surface area contributed by atoms with E-state index in [2.05, 4.69) is 0 Å². The van der Waals surface area contributed by atoms with Gasteiger partial charge in [0.15, 0.2) is 0 Å². The number of benzene rings is 2. The molecule has 2 aromatic rings. The first-order valence-corrected chi connectivity index (χ1v) is 5.53. The molecule has 0 atom stereocenters. The van der Waals surface area contributed by atoms with Crippen molar-refractivity contribution < 1.29 is 9.66 Å². The molecule has 5 heteroatoms. The van der Waals surface area contributed by atoms with E-state index in [1.54, 1.807) is 37.3 Å². The summed E-state index contributed by atoms with van der Waals surface area (Å²) in [5.74, 6) is 1.02. The fourth-order valence-electron chi connectivity index (χ4n) is 1.66. The fourth-order valence-corrected chi connectivity index (χ4v) is 1.66. The molecule has 2 rings (SSSR count). The minimum absolute atomic E-state index is 0.0538. The van der Waals surface area contributed by atoms with Gasteiger partial charge in [0.25, 0.3) is 5.69 Å². The highest BCUT2D eigenvalue weighted by Crippen LogP contribution is 2.27. The van der Waals surface area contributed by atoms with E-state index in [0.29, 0.717) is 22.6 Å². The highest BCUT2D eigenvalue weighted by atomic mass is 16.6. The lowest BCUT2D eigenvalue weighted by Gasteiger charge is -2.06. The zero-order valence-electron chi connectivity index (χ0n) is 10.2. The monoisotopic (exact) mass is 254 g/mol. The second-order valence-electron chi connectivity index (χ2n) is 3.95. The predicted octanol–water partition coefficient (Wildman–Crippen LogP) is 3.57. The van der Waals surface area contributed by atoms with Gasteiger partial charge < -0.3 is 4.74 Å². The lowest BCUT2D eigenvalue weighted by atomic mass is 10.2. The summed E-state index contributed by atoms with van der Waals surface area (Å²) in [6.45, 7) is 1.65. The summed E-state index contributed by atoms with van der Waals surface area (Å²) in [7, 11) is 0. The average molecular weight is 254 g/mol. The summed E-state index contributed by atoms with van der Waals surface area (Å²) >= 11 is 0. The third kappa shape index (κ3) is 2.87. The van der Waals surface area contributed by atoms with Gasteiger partial charge in [-0.05, 0) is 37.3 Å². The van der Waals surface area contributed by atoms with Crippen LogP contribution in [0, 0.1) is 28.4 Å². The maximum absolute atomic E-state index is 10.7. The molecule has 0 fully saturated rings. The third-order valence-electron chi connectivity index (χ3n) is 2.56. The molecule has 0 aliphatic heterocycles. The molecule has 5 nitrogen and oxygen atoms in total. The normalized spacial score (nSPS) is 9.68. The zero-order valence-corrected chi connectivity index (χ0v) is 10.2. The van der Waals surface area contributed by atoms with Crippen LogP contribution in [0.4, 0.5) is 5.69 Å². The van der Waals surface area contributed by atoms with Crippen LogP contribution in [-0.2, 0) is 0 Å².